The molecule has 0 saturated carbocycles. The zero-order valence-electron chi connectivity index (χ0n) is 9.58. The van der Waals surface area contributed by atoms with Crippen LogP contribution in [0, 0.1) is 0 Å². The fourth-order valence-corrected chi connectivity index (χ4v) is 2.81. The van der Waals surface area contributed by atoms with Gasteiger partial charge in [-0.3, -0.25) is 0 Å². The van der Waals surface area contributed by atoms with Crippen LogP contribution in [0.3, 0.4) is 0 Å². The van der Waals surface area contributed by atoms with E-state index in [1.54, 1.807) is 0 Å². The molecule has 1 fully saturated rings. The standard InChI is InChI=1S/C10H21NO2S/c1-9(2)11-7-5-10(3,6-8-11)14(4,12)13/h9H,5-8H2,1-4H3. The Bertz CT molecular complexity index is 287. The Morgan fingerprint density at radius 1 is 1.21 bits per heavy atom. The summed E-state index contributed by atoms with van der Waals surface area (Å²) in [6, 6.07) is 0.527. The second-order valence-electron chi connectivity index (χ2n) is 4.85. The summed E-state index contributed by atoms with van der Waals surface area (Å²) >= 11 is 0. The van der Waals surface area contributed by atoms with E-state index in [1.807, 2.05) is 6.92 Å². The summed E-state index contributed by atoms with van der Waals surface area (Å²) in [7, 11) is -2.90. The molecule has 0 spiro atoms. The van der Waals surface area contributed by atoms with Gasteiger partial charge in [-0.05, 0) is 46.7 Å². The second kappa shape index (κ2) is 3.81. The monoisotopic (exact) mass is 219 g/mol. The molecule has 0 atom stereocenters. The first-order valence-electron chi connectivity index (χ1n) is 5.20. The molecule has 0 aromatic rings. The summed E-state index contributed by atoms with van der Waals surface area (Å²) in [5.41, 5.74) is 0. The molecule has 84 valence electrons. The molecule has 4 heteroatoms. The van der Waals surface area contributed by atoms with Crippen molar-refractivity contribution in [3.05, 3.63) is 0 Å². The van der Waals surface area contributed by atoms with Crippen LogP contribution in [-0.2, 0) is 9.84 Å². The van der Waals surface area contributed by atoms with Gasteiger partial charge >= 0.3 is 0 Å². The minimum Gasteiger partial charge on any atom is -0.301 e. The van der Waals surface area contributed by atoms with Crippen molar-refractivity contribution in [2.24, 2.45) is 0 Å². The van der Waals surface area contributed by atoms with Crippen molar-refractivity contribution in [3.63, 3.8) is 0 Å². The van der Waals surface area contributed by atoms with Crippen LogP contribution in [0.5, 0.6) is 0 Å². The smallest absolute Gasteiger partial charge is 0.152 e. The number of sulfone groups is 1. The summed E-state index contributed by atoms with van der Waals surface area (Å²) in [4.78, 5) is 2.34. The van der Waals surface area contributed by atoms with E-state index in [4.69, 9.17) is 0 Å². The largest absolute Gasteiger partial charge is 0.301 e. The first-order valence-corrected chi connectivity index (χ1v) is 7.09. The summed E-state index contributed by atoms with van der Waals surface area (Å²) in [6.07, 6.45) is 2.89. The van der Waals surface area contributed by atoms with E-state index in [9.17, 15) is 8.42 Å². The zero-order valence-corrected chi connectivity index (χ0v) is 10.4. The second-order valence-corrected chi connectivity index (χ2v) is 7.38. The molecule has 0 radical (unpaired) electrons. The predicted octanol–water partition coefficient (Wildman–Crippen LogP) is 1.29. The van der Waals surface area contributed by atoms with Crippen LogP contribution in [0.25, 0.3) is 0 Å². The maximum atomic E-state index is 11.6. The summed E-state index contributed by atoms with van der Waals surface area (Å²) in [5, 5.41) is 0. The molecule has 0 bridgehead atoms. The van der Waals surface area contributed by atoms with E-state index >= 15 is 0 Å². The van der Waals surface area contributed by atoms with Crippen molar-refractivity contribution < 1.29 is 8.42 Å². The molecular weight excluding hydrogens is 198 g/mol. The van der Waals surface area contributed by atoms with Gasteiger partial charge in [0.25, 0.3) is 0 Å². The van der Waals surface area contributed by atoms with Gasteiger partial charge in [0, 0.05) is 12.3 Å². The van der Waals surface area contributed by atoms with Gasteiger partial charge in [-0.1, -0.05) is 0 Å². The van der Waals surface area contributed by atoms with E-state index in [0.29, 0.717) is 6.04 Å². The fourth-order valence-electron chi connectivity index (χ4n) is 1.88. The highest BCUT2D eigenvalue weighted by Crippen LogP contribution is 2.30. The first kappa shape index (κ1) is 12.0. The van der Waals surface area contributed by atoms with Gasteiger partial charge in [-0.15, -0.1) is 0 Å². The van der Waals surface area contributed by atoms with Gasteiger partial charge in [0.1, 0.15) is 0 Å². The highest BCUT2D eigenvalue weighted by molar-refractivity contribution is 7.92. The Morgan fingerprint density at radius 3 is 1.93 bits per heavy atom. The third-order valence-corrected chi connectivity index (χ3v) is 5.68. The van der Waals surface area contributed by atoms with Crippen LogP contribution < -0.4 is 0 Å². The maximum Gasteiger partial charge on any atom is 0.152 e. The van der Waals surface area contributed by atoms with Crippen LogP contribution in [0.2, 0.25) is 0 Å². The van der Waals surface area contributed by atoms with Crippen molar-refractivity contribution in [2.75, 3.05) is 19.3 Å². The Kier molecular flexibility index (Phi) is 3.26. The first-order chi connectivity index (χ1) is 6.26. The van der Waals surface area contributed by atoms with Crippen molar-refractivity contribution in [3.8, 4) is 0 Å². The molecule has 0 aliphatic carbocycles. The Labute approximate surface area is 87.4 Å². The zero-order chi connectivity index (χ0) is 11.0. The lowest BCUT2D eigenvalue weighted by atomic mass is 9.97. The van der Waals surface area contributed by atoms with E-state index in [-0.39, 0.29) is 0 Å². The number of rotatable bonds is 2. The van der Waals surface area contributed by atoms with Crippen molar-refractivity contribution in [2.45, 2.75) is 44.4 Å². The minimum absolute atomic E-state index is 0.488. The van der Waals surface area contributed by atoms with Gasteiger partial charge in [-0.2, -0.15) is 0 Å². The van der Waals surface area contributed by atoms with E-state index in [2.05, 4.69) is 18.7 Å². The molecule has 0 N–H and O–H groups in total. The molecule has 1 rings (SSSR count). The number of hydrogen-bond donors (Lipinski definition) is 0. The summed E-state index contributed by atoms with van der Waals surface area (Å²) in [5.74, 6) is 0. The Hall–Kier alpha value is -0.0900. The molecule has 3 nitrogen and oxygen atoms in total. The third kappa shape index (κ3) is 2.28. The quantitative estimate of drug-likeness (QED) is 0.702. The van der Waals surface area contributed by atoms with Crippen molar-refractivity contribution >= 4 is 9.84 Å². The molecule has 1 saturated heterocycles. The van der Waals surface area contributed by atoms with Gasteiger partial charge in [0.15, 0.2) is 9.84 Å². The average molecular weight is 219 g/mol. The number of nitrogens with zero attached hydrogens (tertiary/aromatic N) is 1. The topological polar surface area (TPSA) is 37.4 Å². The molecule has 0 amide bonds. The van der Waals surface area contributed by atoms with E-state index in [1.165, 1.54) is 6.26 Å². The lowest BCUT2D eigenvalue weighted by Crippen LogP contribution is -2.48. The SMILES string of the molecule is CC(C)N1CCC(C)(S(C)(=O)=O)CC1. The van der Waals surface area contributed by atoms with Crippen molar-refractivity contribution in [1.29, 1.82) is 0 Å². The number of likely N-dealkylation sites (tertiary alicyclic amines) is 1. The molecule has 14 heavy (non-hydrogen) atoms. The molecule has 0 aromatic heterocycles. The van der Waals surface area contributed by atoms with Crippen LogP contribution in [0.15, 0.2) is 0 Å². The number of hydrogen-bond acceptors (Lipinski definition) is 3. The Balaban J connectivity index is 2.67. The Morgan fingerprint density at radius 2 is 1.64 bits per heavy atom. The van der Waals surface area contributed by atoms with Crippen LogP contribution >= 0.6 is 0 Å². The fraction of sp³-hybridized carbons (Fsp3) is 1.00. The molecule has 1 heterocycles. The van der Waals surface area contributed by atoms with Gasteiger partial charge in [0.05, 0.1) is 4.75 Å². The van der Waals surface area contributed by atoms with Gasteiger partial charge < -0.3 is 4.90 Å². The third-order valence-electron chi connectivity index (χ3n) is 3.48. The van der Waals surface area contributed by atoms with Crippen LogP contribution in [0.4, 0.5) is 0 Å². The summed E-state index contributed by atoms with van der Waals surface area (Å²) in [6.45, 7) is 7.99. The minimum atomic E-state index is -2.90. The van der Waals surface area contributed by atoms with Crippen molar-refractivity contribution in [1.82, 2.24) is 4.90 Å². The molecule has 0 aromatic carbocycles. The highest BCUT2D eigenvalue weighted by Gasteiger charge is 2.39. The molecule has 0 unspecified atom stereocenters. The van der Waals surface area contributed by atoms with Gasteiger partial charge in [0.2, 0.25) is 0 Å². The molecule has 1 aliphatic heterocycles. The summed E-state index contributed by atoms with van der Waals surface area (Å²) < 4.78 is 22.6. The lowest BCUT2D eigenvalue weighted by molar-refractivity contribution is 0.164. The van der Waals surface area contributed by atoms with Gasteiger partial charge in [-0.25, -0.2) is 8.42 Å². The van der Waals surface area contributed by atoms with Crippen LogP contribution in [-0.4, -0.2) is 43.5 Å². The molecule has 1 aliphatic rings. The maximum absolute atomic E-state index is 11.6. The van der Waals surface area contributed by atoms with E-state index in [0.717, 1.165) is 25.9 Å². The lowest BCUT2D eigenvalue weighted by Gasteiger charge is -2.39. The normalized spacial score (nSPS) is 24.1. The average Bonchev–Trinajstić information content (AvgIpc) is 2.03. The van der Waals surface area contributed by atoms with E-state index < -0.39 is 14.6 Å². The van der Waals surface area contributed by atoms with Crippen LogP contribution in [0.1, 0.15) is 33.6 Å². The number of piperidine rings is 1. The molecular formula is C10H21NO2S. The highest BCUT2D eigenvalue weighted by atomic mass is 32.2. The predicted molar refractivity (Wildman–Crippen MR) is 59.2 cm³/mol.